The molecule has 0 aliphatic carbocycles. The van der Waals surface area contributed by atoms with Crippen molar-refractivity contribution in [1.82, 2.24) is 5.32 Å². The third-order valence-corrected chi connectivity index (χ3v) is 3.99. The molecule has 0 radical (unpaired) electrons. The van der Waals surface area contributed by atoms with Gasteiger partial charge in [0.25, 0.3) is 0 Å². The number of hydrogen-bond acceptors (Lipinski definition) is 3. The Morgan fingerprint density at radius 3 is 2.88 bits per heavy atom. The van der Waals surface area contributed by atoms with Crippen LogP contribution in [0.5, 0.6) is 11.5 Å². The Bertz CT molecular complexity index is 787. The van der Waals surface area contributed by atoms with E-state index < -0.39 is 5.82 Å². The van der Waals surface area contributed by atoms with Gasteiger partial charge in [-0.15, -0.1) is 0 Å². The Labute approximate surface area is 143 Å². The minimum absolute atomic E-state index is 0.185. The van der Waals surface area contributed by atoms with Gasteiger partial charge in [0, 0.05) is 11.6 Å². The van der Waals surface area contributed by atoms with E-state index in [0.717, 1.165) is 5.56 Å². The molecule has 0 fully saturated rings. The van der Waals surface area contributed by atoms with E-state index in [0.29, 0.717) is 11.5 Å². The minimum Gasteiger partial charge on any atom is -0.454 e. The van der Waals surface area contributed by atoms with E-state index in [9.17, 15) is 9.18 Å². The van der Waals surface area contributed by atoms with Crippen LogP contribution in [0.4, 0.5) is 4.39 Å². The molecule has 1 amide bonds. The van der Waals surface area contributed by atoms with Gasteiger partial charge in [0.2, 0.25) is 12.7 Å². The Hall–Kier alpha value is -2.53. The van der Waals surface area contributed by atoms with Crippen LogP contribution < -0.4 is 14.8 Å². The third kappa shape index (κ3) is 3.51. The number of nitrogens with one attached hydrogen (secondary N) is 1. The molecule has 24 heavy (non-hydrogen) atoms. The summed E-state index contributed by atoms with van der Waals surface area (Å²) in [5.41, 5.74) is 1.06. The Balaban J connectivity index is 1.67. The van der Waals surface area contributed by atoms with Crippen molar-refractivity contribution in [2.75, 3.05) is 6.79 Å². The van der Waals surface area contributed by atoms with Gasteiger partial charge in [0.15, 0.2) is 11.5 Å². The first kappa shape index (κ1) is 16.3. The summed E-state index contributed by atoms with van der Waals surface area (Å²) in [5, 5.41) is 3.06. The van der Waals surface area contributed by atoms with E-state index in [1.54, 1.807) is 12.1 Å². The highest BCUT2D eigenvalue weighted by Gasteiger charge is 2.16. The molecule has 124 valence electrons. The van der Waals surface area contributed by atoms with Crippen LogP contribution in [0.15, 0.2) is 42.5 Å². The molecule has 0 bridgehead atoms. The zero-order valence-corrected chi connectivity index (χ0v) is 13.6. The maximum absolute atomic E-state index is 13.7. The zero-order valence-electron chi connectivity index (χ0n) is 12.9. The molecule has 4 nitrogen and oxygen atoms in total. The third-order valence-electron chi connectivity index (χ3n) is 3.66. The van der Waals surface area contributed by atoms with Gasteiger partial charge in [-0.3, -0.25) is 4.79 Å². The molecule has 1 atom stereocenters. The second kappa shape index (κ2) is 6.93. The van der Waals surface area contributed by atoms with E-state index in [2.05, 4.69) is 5.32 Å². The van der Waals surface area contributed by atoms with Crippen molar-refractivity contribution in [3.8, 4) is 11.5 Å². The van der Waals surface area contributed by atoms with E-state index in [-0.39, 0.29) is 29.3 Å². The largest absolute Gasteiger partial charge is 0.454 e. The van der Waals surface area contributed by atoms with Crippen LogP contribution in [0.3, 0.4) is 0 Å². The number of rotatable bonds is 4. The first-order valence-corrected chi connectivity index (χ1v) is 7.74. The van der Waals surface area contributed by atoms with Crippen molar-refractivity contribution in [1.29, 1.82) is 0 Å². The summed E-state index contributed by atoms with van der Waals surface area (Å²) < 4.78 is 24.2. The Morgan fingerprint density at radius 2 is 2.08 bits per heavy atom. The van der Waals surface area contributed by atoms with Crippen molar-refractivity contribution >= 4 is 23.6 Å². The van der Waals surface area contributed by atoms with Gasteiger partial charge in [0.1, 0.15) is 5.82 Å². The normalized spacial score (nSPS) is 14.0. The molecule has 2 aromatic carbocycles. The SMILES string of the molecule is CC(NC(=O)/C=C/c1c(F)cccc1Cl)c1ccc2c(c1)OCO2. The highest BCUT2D eigenvalue weighted by molar-refractivity contribution is 6.32. The topological polar surface area (TPSA) is 47.6 Å². The summed E-state index contributed by atoms with van der Waals surface area (Å²) in [6.45, 7) is 2.05. The summed E-state index contributed by atoms with van der Waals surface area (Å²) in [6.07, 6.45) is 2.62. The molecule has 0 saturated heterocycles. The Kier molecular flexibility index (Phi) is 4.71. The molecule has 1 unspecified atom stereocenters. The molecule has 6 heteroatoms. The van der Waals surface area contributed by atoms with Crippen molar-refractivity contribution in [3.05, 3.63) is 64.4 Å². The Morgan fingerprint density at radius 1 is 1.29 bits per heavy atom. The van der Waals surface area contributed by atoms with Crippen LogP contribution in [0.1, 0.15) is 24.1 Å². The van der Waals surface area contributed by atoms with E-state index in [1.165, 1.54) is 24.3 Å². The summed E-state index contributed by atoms with van der Waals surface area (Å²) in [6, 6.07) is 9.61. The summed E-state index contributed by atoms with van der Waals surface area (Å²) in [5.74, 6) is 0.517. The van der Waals surface area contributed by atoms with Crippen molar-refractivity contribution in [2.45, 2.75) is 13.0 Å². The van der Waals surface area contributed by atoms with Gasteiger partial charge in [-0.25, -0.2) is 4.39 Å². The molecule has 1 aliphatic rings. The van der Waals surface area contributed by atoms with Gasteiger partial charge in [-0.2, -0.15) is 0 Å². The van der Waals surface area contributed by atoms with Crippen molar-refractivity contribution in [2.24, 2.45) is 0 Å². The van der Waals surface area contributed by atoms with Gasteiger partial charge in [0.05, 0.1) is 11.1 Å². The standard InChI is InChI=1S/C18H15ClFNO3/c1-11(12-5-7-16-17(9-12)24-10-23-16)21-18(22)8-6-13-14(19)3-2-4-15(13)20/h2-9,11H,10H2,1H3,(H,21,22)/b8-6+. The van der Waals surface area contributed by atoms with Crippen LogP contribution in [0.25, 0.3) is 6.08 Å². The predicted molar refractivity (Wildman–Crippen MR) is 89.6 cm³/mol. The maximum Gasteiger partial charge on any atom is 0.244 e. The predicted octanol–water partition coefficient (Wildman–Crippen LogP) is 4.10. The van der Waals surface area contributed by atoms with Crippen LogP contribution >= 0.6 is 11.6 Å². The van der Waals surface area contributed by atoms with Crippen LogP contribution in [-0.4, -0.2) is 12.7 Å². The second-order valence-corrected chi connectivity index (χ2v) is 5.72. The molecule has 1 heterocycles. The van der Waals surface area contributed by atoms with Crippen LogP contribution in [0.2, 0.25) is 5.02 Å². The summed E-state index contributed by atoms with van der Waals surface area (Å²) >= 11 is 5.92. The zero-order chi connectivity index (χ0) is 17.1. The second-order valence-electron chi connectivity index (χ2n) is 5.31. The average Bonchev–Trinajstić information content (AvgIpc) is 3.01. The van der Waals surface area contributed by atoms with Crippen LogP contribution in [0, 0.1) is 5.82 Å². The molecule has 1 N–H and O–H groups in total. The molecule has 0 spiro atoms. The number of ether oxygens (including phenoxy) is 2. The van der Waals surface area contributed by atoms with Gasteiger partial charge in [-0.1, -0.05) is 23.7 Å². The highest BCUT2D eigenvalue weighted by Crippen LogP contribution is 2.34. The van der Waals surface area contributed by atoms with Crippen LogP contribution in [-0.2, 0) is 4.79 Å². The molecule has 0 aromatic heterocycles. The first-order valence-electron chi connectivity index (χ1n) is 7.37. The smallest absolute Gasteiger partial charge is 0.244 e. The lowest BCUT2D eigenvalue weighted by Crippen LogP contribution is -2.24. The number of benzene rings is 2. The lowest BCUT2D eigenvalue weighted by atomic mass is 10.1. The fraction of sp³-hybridized carbons (Fsp3) is 0.167. The summed E-state index contributed by atoms with van der Waals surface area (Å²) in [4.78, 5) is 12.0. The average molecular weight is 348 g/mol. The van der Waals surface area contributed by atoms with E-state index in [4.69, 9.17) is 21.1 Å². The first-order chi connectivity index (χ1) is 11.5. The van der Waals surface area contributed by atoms with Gasteiger partial charge in [-0.05, 0) is 42.8 Å². The number of hydrogen-bond donors (Lipinski definition) is 1. The highest BCUT2D eigenvalue weighted by atomic mass is 35.5. The fourth-order valence-corrected chi connectivity index (χ4v) is 2.58. The molecular formula is C18H15ClFNO3. The molecular weight excluding hydrogens is 333 g/mol. The maximum atomic E-state index is 13.7. The number of fused-ring (bicyclic) bond motifs is 1. The quantitative estimate of drug-likeness (QED) is 0.847. The van der Waals surface area contributed by atoms with E-state index >= 15 is 0 Å². The number of amides is 1. The molecule has 3 rings (SSSR count). The fourth-order valence-electron chi connectivity index (χ4n) is 2.36. The minimum atomic E-state index is -0.477. The van der Waals surface area contributed by atoms with Crippen molar-refractivity contribution in [3.63, 3.8) is 0 Å². The van der Waals surface area contributed by atoms with Gasteiger partial charge >= 0.3 is 0 Å². The van der Waals surface area contributed by atoms with Crippen molar-refractivity contribution < 1.29 is 18.7 Å². The number of carbonyl (C=O) groups is 1. The lowest BCUT2D eigenvalue weighted by Gasteiger charge is -2.13. The number of carbonyl (C=O) groups excluding carboxylic acids is 1. The molecule has 0 saturated carbocycles. The molecule has 2 aromatic rings. The molecule has 1 aliphatic heterocycles. The van der Waals surface area contributed by atoms with Gasteiger partial charge < -0.3 is 14.8 Å². The number of halogens is 2. The summed E-state index contributed by atoms with van der Waals surface area (Å²) in [7, 11) is 0. The monoisotopic (exact) mass is 347 g/mol. The lowest BCUT2D eigenvalue weighted by molar-refractivity contribution is -0.117. The van der Waals surface area contributed by atoms with E-state index in [1.807, 2.05) is 19.1 Å².